The number of furan rings is 1. The predicted octanol–water partition coefficient (Wildman–Crippen LogP) is 4.35. The minimum absolute atomic E-state index is 0.0550. The Bertz CT molecular complexity index is 1170. The third-order valence-electron chi connectivity index (χ3n) is 4.06. The van der Waals surface area contributed by atoms with Crippen molar-refractivity contribution in [3.8, 4) is 23.0 Å². The van der Waals surface area contributed by atoms with Crippen LogP contribution < -0.4 is 14.9 Å². The molecule has 0 aliphatic carbocycles. The summed E-state index contributed by atoms with van der Waals surface area (Å²) in [5.41, 5.74) is 0.807. The van der Waals surface area contributed by atoms with Crippen molar-refractivity contribution in [1.82, 2.24) is 0 Å². The summed E-state index contributed by atoms with van der Waals surface area (Å²) in [6, 6.07) is 17.3. The van der Waals surface area contributed by atoms with E-state index in [1.807, 2.05) is 19.1 Å². The average Bonchev–Trinajstić information content (AvgIpc) is 3.24. The van der Waals surface area contributed by atoms with E-state index in [-0.39, 0.29) is 23.9 Å². The van der Waals surface area contributed by atoms with Crippen molar-refractivity contribution < 1.29 is 23.1 Å². The van der Waals surface area contributed by atoms with Crippen LogP contribution in [0.15, 0.2) is 80.6 Å². The Kier molecular flexibility index (Phi) is 4.68. The van der Waals surface area contributed by atoms with Gasteiger partial charge in [-0.2, -0.15) is 0 Å². The zero-order valence-corrected chi connectivity index (χ0v) is 15.0. The van der Waals surface area contributed by atoms with E-state index < -0.39 is 11.4 Å². The minimum Gasteiger partial charge on any atom is -0.482 e. The second-order valence-electron chi connectivity index (χ2n) is 6.14. The number of rotatable bonds is 5. The summed E-state index contributed by atoms with van der Waals surface area (Å²) in [7, 11) is 0. The summed E-state index contributed by atoms with van der Waals surface area (Å²) in [5, 5.41) is 0.321. The molecule has 0 fully saturated rings. The highest BCUT2D eigenvalue weighted by Crippen LogP contribution is 2.31. The van der Waals surface area contributed by atoms with E-state index in [2.05, 4.69) is 0 Å². The van der Waals surface area contributed by atoms with Crippen molar-refractivity contribution in [2.75, 3.05) is 6.61 Å². The number of para-hydroxylation sites is 1. The zero-order chi connectivity index (χ0) is 19.5. The molecule has 6 nitrogen and oxygen atoms in total. The molecule has 0 unspecified atom stereocenters. The maximum atomic E-state index is 13.0. The Morgan fingerprint density at radius 3 is 2.61 bits per heavy atom. The maximum Gasteiger partial charge on any atom is 0.349 e. The van der Waals surface area contributed by atoms with E-state index in [0.717, 1.165) is 5.56 Å². The van der Waals surface area contributed by atoms with E-state index >= 15 is 0 Å². The summed E-state index contributed by atoms with van der Waals surface area (Å²) in [5.74, 6) is -0.0941. The number of aryl methyl sites for hydroxylation is 1. The molecule has 0 spiro atoms. The summed E-state index contributed by atoms with van der Waals surface area (Å²) in [4.78, 5) is 25.3. The highest BCUT2D eigenvalue weighted by atomic mass is 16.6. The van der Waals surface area contributed by atoms with Crippen molar-refractivity contribution in [1.29, 1.82) is 0 Å². The van der Waals surface area contributed by atoms with Gasteiger partial charge in [0.1, 0.15) is 11.3 Å². The topological polar surface area (TPSA) is 78.9 Å². The van der Waals surface area contributed by atoms with Gasteiger partial charge in [0, 0.05) is 0 Å². The van der Waals surface area contributed by atoms with Gasteiger partial charge in [0.2, 0.25) is 16.9 Å². The molecule has 0 saturated heterocycles. The number of benzene rings is 2. The SMILES string of the molecule is Cc1ccc2oc(-c3ccco3)c(OC(=O)COc3ccccc3)c(=O)c2c1. The Hall–Kier alpha value is -3.80. The van der Waals surface area contributed by atoms with Gasteiger partial charge in [-0.15, -0.1) is 0 Å². The molecule has 0 atom stereocenters. The Labute approximate surface area is 159 Å². The van der Waals surface area contributed by atoms with E-state index in [0.29, 0.717) is 16.7 Å². The van der Waals surface area contributed by atoms with Crippen molar-refractivity contribution in [2.45, 2.75) is 6.92 Å². The third-order valence-corrected chi connectivity index (χ3v) is 4.06. The van der Waals surface area contributed by atoms with Gasteiger partial charge in [-0.25, -0.2) is 4.79 Å². The lowest BCUT2D eigenvalue weighted by Crippen LogP contribution is -2.21. The largest absolute Gasteiger partial charge is 0.482 e. The van der Waals surface area contributed by atoms with Gasteiger partial charge in [-0.05, 0) is 43.3 Å². The number of hydrogen-bond acceptors (Lipinski definition) is 6. The van der Waals surface area contributed by atoms with Gasteiger partial charge in [0.25, 0.3) is 0 Å². The van der Waals surface area contributed by atoms with Gasteiger partial charge >= 0.3 is 5.97 Å². The maximum absolute atomic E-state index is 13.0. The van der Waals surface area contributed by atoms with Gasteiger partial charge in [0.05, 0.1) is 11.6 Å². The lowest BCUT2D eigenvalue weighted by atomic mass is 10.1. The van der Waals surface area contributed by atoms with Crippen LogP contribution in [0.25, 0.3) is 22.5 Å². The molecule has 28 heavy (non-hydrogen) atoms. The molecule has 4 rings (SSSR count). The van der Waals surface area contributed by atoms with Crippen molar-refractivity contribution in [2.24, 2.45) is 0 Å². The third kappa shape index (κ3) is 3.53. The van der Waals surface area contributed by atoms with Crippen LogP contribution in [-0.2, 0) is 4.79 Å². The van der Waals surface area contributed by atoms with Crippen LogP contribution in [0.3, 0.4) is 0 Å². The fourth-order valence-corrected chi connectivity index (χ4v) is 2.76. The lowest BCUT2D eigenvalue weighted by molar-refractivity contribution is -0.136. The fraction of sp³-hybridized carbons (Fsp3) is 0.0909. The lowest BCUT2D eigenvalue weighted by Gasteiger charge is -2.10. The second-order valence-corrected chi connectivity index (χ2v) is 6.14. The number of carbonyl (C=O) groups excluding carboxylic acids is 1. The normalized spacial score (nSPS) is 10.8. The predicted molar refractivity (Wildman–Crippen MR) is 102 cm³/mol. The number of ether oxygens (including phenoxy) is 2. The van der Waals surface area contributed by atoms with E-state index in [4.69, 9.17) is 18.3 Å². The summed E-state index contributed by atoms with van der Waals surface area (Å²) >= 11 is 0. The molecule has 0 amide bonds. The second kappa shape index (κ2) is 7.44. The molecule has 140 valence electrons. The van der Waals surface area contributed by atoms with Crippen LogP contribution >= 0.6 is 0 Å². The molecule has 2 heterocycles. The molecular weight excluding hydrogens is 360 g/mol. The van der Waals surface area contributed by atoms with Crippen LogP contribution in [0.1, 0.15) is 5.56 Å². The number of carbonyl (C=O) groups is 1. The Balaban J connectivity index is 1.70. The van der Waals surface area contributed by atoms with Crippen molar-refractivity contribution in [3.05, 3.63) is 82.7 Å². The number of esters is 1. The van der Waals surface area contributed by atoms with Gasteiger partial charge in [-0.3, -0.25) is 4.79 Å². The first-order valence-electron chi connectivity index (χ1n) is 8.61. The molecule has 0 aliphatic heterocycles. The Morgan fingerprint density at radius 2 is 1.86 bits per heavy atom. The number of hydrogen-bond donors (Lipinski definition) is 0. The first kappa shape index (κ1) is 17.6. The van der Waals surface area contributed by atoms with Crippen molar-refractivity contribution in [3.63, 3.8) is 0 Å². The van der Waals surface area contributed by atoms with Gasteiger partial charge < -0.3 is 18.3 Å². The quantitative estimate of drug-likeness (QED) is 0.482. The first-order valence-corrected chi connectivity index (χ1v) is 8.61. The molecule has 0 radical (unpaired) electrons. The fourth-order valence-electron chi connectivity index (χ4n) is 2.76. The molecule has 2 aromatic carbocycles. The van der Waals surface area contributed by atoms with E-state index in [1.165, 1.54) is 6.26 Å². The monoisotopic (exact) mass is 376 g/mol. The molecule has 6 heteroatoms. The van der Waals surface area contributed by atoms with Crippen LogP contribution in [0, 0.1) is 6.92 Å². The van der Waals surface area contributed by atoms with Crippen LogP contribution in [0.4, 0.5) is 0 Å². The standard InChI is InChI=1S/C22H16O6/c1-14-9-10-17-16(12-14)20(24)22(21(27-17)18-8-5-11-25-18)28-19(23)13-26-15-6-3-2-4-7-15/h2-12H,13H2,1H3. The van der Waals surface area contributed by atoms with Crippen LogP contribution in [-0.4, -0.2) is 12.6 Å². The first-order chi connectivity index (χ1) is 13.6. The molecule has 2 aromatic heterocycles. The smallest absolute Gasteiger partial charge is 0.349 e. The minimum atomic E-state index is -0.726. The molecular formula is C22H16O6. The number of fused-ring (bicyclic) bond motifs is 1. The molecule has 0 bridgehead atoms. The highest BCUT2D eigenvalue weighted by molar-refractivity contribution is 5.84. The molecule has 0 saturated carbocycles. The molecule has 0 N–H and O–H groups in total. The van der Waals surface area contributed by atoms with E-state index in [9.17, 15) is 9.59 Å². The molecule has 0 aliphatic rings. The summed E-state index contributed by atoms with van der Waals surface area (Å²) in [6.07, 6.45) is 1.44. The summed E-state index contributed by atoms with van der Waals surface area (Å²) in [6.45, 7) is 1.51. The van der Waals surface area contributed by atoms with Crippen LogP contribution in [0.2, 0.25) is 0 Å². The average molecular weight is 376 g/mol. The van der Waals surface area contributed by atoms with Crippen LogP contribution in [0.5, 0.6) is 11.5 Å². The highest BCUT2D eigenvalue weighted by Gasteiger charge is 2.22. The summed E-state index contributed by atoms with van der Waals surface area (Å²) < 4.78 is 21.9. The van der Waals surface area contributed by atoms with Crippen molar-refractivity contribution >= 4 is 16.9 Å². The van der Waals surface area contributed by atoms with Gasteiger partial charge in [0.15, 0.2) is 12.4 Å². The zero-order valence-electron chi connectivity index (χ0n) is 15.0. The van der Waals surface area contributed by atoms with E-state index in [1.54, 1.807) is 48.5 Å². The Morgan fingerprint density at radius 1 is 1.04 bits per heavy atom. The molecule has 4 aromatic rings. The van der Waals surface area contributed by atoms with Gasteiger partial charge in [-0.1, -0.05) is 29.8 Å².